The Morgan fingerprint density at radius 3 is 2.19 bits per heavy atom. The second kappa shape index (κ2) is 8.27. The minimum atomic E-state index is -0.198. The van der Waals surface area contributed by atoms with Crippen LogP contribution in [0, 0.1) is 0 Å². The van der Waals surface area contributed by atoms with E-state index >= 15 is 0 Å². The Hall–Kier alpha value is -3.47. The molecule has 0 aliphatic heterocycles. The summed E-state index contributed by atoms with van der Waals surface area (Å²) in [6.07, 6.45) is 2.54. The lowest BCUT2D eigenvalue weighted by atomic mass is 10.1. The Labute approximate surface area is 158 Å². The molecule has 5 nitrogen and oxygen atoms in total. The van der Waals surface area contributed by atoms with Crippen LogP contribution in [-0.2, 0) is 6.42 Å². The Morgan fingerprint density at radius 2 is 1.56 bits per heavy atom. The van der Waals surface area contributed by atoms with Gasteiger partial charge in [0.05, 0.1) is 0 Å². The normalized spacial score (nSPS) is 10.3. The van der Waals surface area contributed by atoms with Crippen LogP contribution in [0.1, 0.15) is 40.1 Å². The van der Waals surface area contributed by atoms with Crippen molar-refractivity contribution in [3.63, 3.8) is 0 Å². The van der Waals surface area contributed by atoms with Gasteiger partial charge in [-0.3, -0.25) is 9.59 Å². The minimum Gasteiger partial charge on any atom is -0.340 e. The summed E-state index contributed by atoms with van der Waals surface area (Å²) in [5.41, 5.74) is 3.92. The maximum atomic E-state index is 12.5. The average molecular weight is 359 g/mol. The summed E-state index contributed by atoms with van der Waals surface area (Å²) in [6.45, 7) is 3.62. The highest BCUT2D eigenvalue weighted by Gasteiger charge is 2.08. The minimum absolute atomic E-state index is 0.0188. The molecule has 0 saturated heterocycles. The summed E-state index contributed by atoms with van der Waals surface area (Å²) >= 11 is 0. The molecule has 0 bridgehead atoms. The zero-order valence-electron chi connectivity index (χ0n) is 15.3. The Morgan fingerprint density at radius 1 is 0.889 bits per heavy atom. The van der Waals surface area contributed by atoms with E-state index in [0.717, 1.165) is 17.8 Å². The van der Waals surface area contributed by atoms with E-state index in [1.807, 2.05) is 24.3 Å². The third-order valence-corrected chi connectivity index (χ3v) is 4.21. The number of ketones is 1. The topological polar surface area (TPSA) is 71.1 Å². The maximum Gasteiger partial charge on any atom is 0.255 e. The third kappa shape index (κ3) is 4.79. The van der Waals surface area contributed by atoms with Gasteiger partial charge in [0.25, 0.3) is 5.91 Å². The highest BCUT2D eigenvalue weighted by atomic mass is 16.1. The van der Waals surface area contributed by atoms with Crippen LogP contribution in [0.15, 0.2) is 66.9 Å². The van der Waals surface area contributed by atoms with Crippen molar-refractivity contribution in [3.8, 4) is 0 Å². The number of benzene rings is 2. The van der Waals surface area contributed by atoms with Crippen LogP contribution >= 0.6 is 0 Å². The van der Waals surface area contributed by atoms with Crippen molar-refractivity contribution in [1.82, 2.24) is 4.98 Å². The number of pyridine rings is 1. The lowest BCUT2D eigenvalue weighted by Gasteiger charge is -2.09. The zero-order chi connectivity index (χ0) is 19.2. The predicted octanol–water partition coefficient (Wildman–Crippen LogP) is 4.84. The van der Waals surface area contributed by atoms with Gasteiger partial charge in [0, 0.05) is 28.7 Å². The number of Topliss-reactive ketones (excluding diaryl/α,β-unsaturated/α-hetero) is 1. The fourth-order valence-corrected chi connectivity index (χ4v) is 2.60. The first-order valence-electron chi connectivity index (χ1n) is 8.79. The van der Waals surface area contributed by atoms with E-state index in [1.54, 1.807) is 42.6 Å². The summed E-state index contributed by atoms with van der Waals surface area (Å²) in [5, 5.41) is 6.03. The lowest BCUT2D eigenvalue weighted by molar-refractivity contribution is 0.101. The van der Waals surface area contributed by atoms with Crippen molar-refractivity contribution >= 4 is 28.9 Å². The van der Waals surface area contributed by atoms with Gasteiger partial charge in [-0.15, -0.1) is 0 Å². The number of carbonyl (C=O) groups is 2. The van der Waals surface area contributed by atoms with E-state index in [2.05, 4.69) is 22.5 Å². The molecule has 0 saturated carbocycles. The van der Waals surface area contributed by atoms with Crippen molar-refractivity contribution in [3.05, 3.63) is 83.6 Å². The van der Waals surface area contributed by atoms with Gasteiger partial charge in [-0.2, -0.15) is 0 Å². The molecule has 136 valence electrons. The lowest BCUT2D eigenvalue weighted by Crippen LogP contribution is -2.12. The molecule has 0 aliphatic carbocycles. The fourth-order valence-electron chi connectivity index (χ4n) is 2.60. The number of hydrogen-bond donors (Lipinski definition) is 2. The van der Waals surface area contributed by atoms with Crippen LogP contribution < -0.4 is 10.6 Å². The van der Waals surface area contributed by atoms with Gasteiger partial charge in [-0.25, -0.2) is 4.98 Å². The van der Waals surface area contributed by atoms with Gasteiger partial charge in [0.15, 0.2) is 5.78 Å². The molecular weight excluding hydrogens is 338 g/mol. The molecule has 1 amide bonds. The Bertz CT molecular complexity index is 948. The summed E-state index contributed by atoms with van der Waals surface area (Å²) < 4.78 is 0. The standard InChI is InChI=1S/C22H21N3O2/c1-3-16-4-8-20(9-5-16)25-22(27)18-12-13-23-21(14-18)24-19-10-6-17(7-11-19)15(2)26/h4-14H,3H2,1-2H3,(H,23,24)(H,25,27). The molecule has 2 N–H and O–H groups in total. The van der Waals surface area contributed by atoms with Crippen molar-refractivity contribution in [2.75, 3.05) is 10.6 Å². The molecule has 0 atom stereocenters. The number of nitrogens with zero attached hydrogens (tertiary/aromatic N) is 1. The van der Waals surface area contributed by atoms with Gasteiger partial charge in [-0.1, -0.05) is 19.1 Å². The van der Waals surface area contributed by atoms with Crippen LogP contribution in [0.5, 0.6) is 0 Å². The smallest absolute Gasteiger partial charge is 0.255 e. The SMILES string of the molecule is CCc1ccc(NC(=O)c2ccnc(Nc3ccc(C(C)=O)cc3)c2)cc1. The summed E-state index contributed by atoms with van der Waals surface area (Å²) in [4.78, 5) is 28.1. The number of hydrogen-bond acceptors (Lipinski definition) is 4. The van der Waals surface area contributed by atoms with E-state index in [1.165, 1.54) is 12.5 Å². The first kappa shape index (κ1) is 18.3. The van der Waals surface area contributed by atoms with E-state index in [-0.39, 0.29) is 11.7 Å². The molecule has 27 heavy (non-hydrogen) atoms. The molecule has 1 heterocycles. The molecule has 3 aromatic rings. The molecule has 0 spiro atoms. The molecule has 2 aromatic carbocycles. The number of carbonyl (C=O) groups excluding carboxylic acids is 2. The van der Waals surface area contributed by atoms with Gasteiger partial charge in [0.1, 0.15) is 5.82 Å². The van der Waals surface area contributed by atoms with Gasteiger partial charge >= 0.3 is 0 Å². The Kier molecular flexibility index (Phi) is 5.61. The molecule has 0 fully saturated rings. The number of aryl methyl sites for hydroxylation is 1. The predicted molar refractivity (Wildman–Crippen MR) is 108 cm³/mol. The van der Waals surface area contributed by atoms with Crippen molar-refractivity contribution in [2.24, 2.45) is 0 Å². The van der Waals surface area contributed by atoms with Crippen molar-refractivity contribution < 1.29 is 9.59 Å². The highest BCUT2D eigenvalue weighted by Crippen LogP contribution is 2.18. The average Bonchev–Trinajstić information content (AvgIpc) is 2.69. The summed E-state index contributed by atoms with van der Waals surface area (Å²) in [7, 11) is 0. The van der Waals surface area contributed by atoms with Crippen LogP contribution in [0.25, 0.3) is 0 Å². The van der Waals surface area contributed by atoms with E-state index in [0.29, 0.717) is 16.9 Å². The van der Waals surface area contributed by atoms with Crippen LogP contribution in [0.2, 0.25) is 0 Å². The second-order valence-electron chi connectivity index (χ2n) is 6.19. The maximum absolute atomic E-state index is 12.5. The van der Waals surface area contributed by atoms with E-state index in [4.69, 9.17) is 0 Å². The molecular formula is C22H21N3O2. The van der Waals surface area contributed by atoms with Crippen LogP contribution in [0.4, 0.5) is 17.2 Å². The van der Waals surface area contributed by atoms with Crippen LogP contribution in [0.3, 0.4) is 0 Å². The molecule has 0 unspecified atom stereocenters. The number of rotatable bonds is 6. The fraction of sp³-hybridized carbons (Fsp3) is 0.136. The number of aromatic nitrogens is 1. The quantitative estimate of drug-likeness (QED) is 0.618. The number of nitrogens with one attached hydrogen (secondary N) is 2. The van der Waals surface area contributed by atoms with Crippen molar-refractivity contribution in [2.45, 2.75) is 20.3 Å². The number of anilines is 3. The number of amides is 1. The molecule has 3 rings (SSSR count). The highest BCUT2D eigenvalue weighted by molar-refractivity contribution is 6.04. The monoisotopic (exact) mass is 359 g/mol. The van der Waals surface area contributed by atoms with Gasteiger partial charge < -0.3 is 10.6 Å². The van der Waals surface area contributed by atoms with Gasteiger partial charge in [-0.05, 0) is 67.4 Å². The first-order valence-corrected chi connectivity index (χ1v) is 8.79. The van der Waals surface area contributed by atoms with Crippen LogP contribution in [-0.4, -0.2) is 16.7 Å². The van der Waals surface area contributed by atoms with Crippen molar-refractivity contribution in [1.29, 1.82) is 0 Å². The van der Waals surface area contributed by atoms with Gasteiger partial charge in [0.2, 0.25) is 0 Å². The second-order valence-corrected chi connectivity index (χ2v) is 6.19. The Balaban J connectivity index is 1.70. The van der Waals surface area contributed by atoms with E-state index < -0.39 is 0 Å². The third-order valence-electron chi connectivity index (χ3n) is 4.21. The first-order chi connectivity index (χ1) is 13.0. The summed E-state index contributed by atoms with van der Waals surface area (Å²) in [5.74, 6) is 0.376. The molecule has 0 aliphatic rings. The zero-order valence-corrected chi connectivity index (χ0v) is 15.3. The molecule has 0 radical (unpaired) electrons. The van der Waals surface area contributed by atoms with E-state index in [9.17, 15) is 9.59 Å². The summed E-state index contributed by atoms with van der Waals surface area (Å²) in [6, 6.07) is 18.3. The molecule has 5 heteroatoms. The molecule has 1 aromatic heterocycles. The largest absolute Gasteiger partial charge is 0.340 e.